The van der Waals surface area contributed by atoms with Crippen molar-refractivity contribution >= 4 is 75.1 Å². The first-order valence-corrected chi connectivity index (χ1v) is 16.1. The molecule has 2 aliphatic rings. The highest BCUT2D eigenvalue weighted by molar-refractivity contribution is 9.10. The third-order valence-corrected chi connectivity index (χ3v) is 8.93. The van der Waals surface area contributed by atoms with Crippen LogP contribution in [0.2, 0.25) is 0 Å². The maximum absolute atomic E-state index is 13.7. The van der Waals surface area contributed by atoms with Gasteiger partial charge in [0, 0.05) is 10.4 Å². The largest absolute Gasteiger partial charge is 0.442 e. The van der Waals surface area contributed by atoms with Crippen LogP contribution in [0.5, 0.6) is 0 Å². The number of alkyl halides is 2. The first kappa shape index (κ1) is 34.8. The summed E-state index contributed by atoms with van der Waals surface area (Å²) in [6, 6.07) is 17.6. The van der Waals surface area contributed by atoms with E-state index in [1.54, 1.807) is 60.7 Å². The molecule has 0 aromatic heterocycles. The minimum Gasteiger partial charge on any atom is -0.442 e. The van der Waals surface area contributed by atoms with E-state index < -0.39 is 60.0 Å². The smallest absolute Gasteiger partial charge is 0.335 e. The number of rotatable bonds is 14. The van der Waals surface area contributed by atoms with Gasteiger partial charge >= 0.3 is 5.97 Å². The molecule has 5 amide bonds. The van der Waals surface area contributed by atoms with Crippen LogP contribution in [0.15, 0.2) is 95.5 Å². The van der Waals surface area contributed by atoms with E-state index in [1.807, 2.05) is 6.07 Å². The van der Waals surface area contributed by atoms with Gasteiger partial charge in [-0.3, -0.25) is 28.8 Å². The normalized spacial score (nSPS) is 18.0. The number of likely N-dealkylation sites (tertiary alicyclic amines) is 1. The summed E-state index contributed by atoms with van der Waals surface area (Å²) in [6.45, 7) is 3.00. The number of nitrogens with one attached hydrogen (secondary N) is 1. The maximum Gasteiger partial charge on any atom is 0.335 e. The summed E-state index contributed by atoms with van der Waals surface area (Å²) >= 11 is 15.9. The standard InChI is InChI=1S/C33H27BrCl2N4O8/c1-19(15-35)26(33(46)47-18-38-30(43)23-12-5-6-13-24(23)31(38)44)40-28(36)25(32(40)45)37-29(42)27(21-10-7-11-22(34)14-21)39(17-41)48-16-20-8-3-2-4-9-20/h2-14,17,25-28H,1,15-16,18H2,(H,37,42). The number of hydroxylamine groups is 2. The zero-order chi connectivity index (χ0) is 34.5. The Morgan fingerprint density at radius 1 is 1.00 bits per heavy atom. The summed E-state index contributed by atoms with van der Waals surface area (Å²) in [7, 11) is 0. The topological polar surface area (TPSA) is 143 Å². The molecule has 2 heterocycles. The van der Waals surface area contributed by atoms with E-state index in [2.05, 4.69) is 27.8 Å². The molecule has 0 radical (unpaired) electrons. The maximum atomic E-state index is 13.7. The van der Waals surface area contributed by atoms with Crippen molar-refractivity contribution in [3.63, 3.8) is 0 Å². The Balaban J connectivity index is 1.29. The van der Waals surface area contributed by atoms with Gasteiger partial charge in [-0.05, 0) is 41.0 Å². The Morgan fingerprint density at radius 3 is 2.23 bits per heavy atom. The molecular weight excluding hydrogens is 731 g/mol. The molecule has 248 valence electrons. The van der Waals surface area contributed by atoms with Gasteiger partial charge in [-0.15, -0.1) is 11.6 Å². The van der Waals surface area contributed by atoms with E-state index >= 15 is 0 Å². The molecule has 4 unspecified atom stereocenters. The van der Waals surface area contributed by atoms with Crippen molar-refractivity contribution in [1.82, 2.24) is 20.2 Å². The van der Waals surface area contributed by atoms with E-state index in [9.17, 15) is 28.8 Å². The van der Waals surface area contributed by atoms with Crippen molar-refractivity contribution in [1.29, 1.82) is 0 Å². The van der Waals surface area contributed by atoms with E-state index in [-0.39, 0.29) is 29.2 Å². The molecule has 0 aliphatic carbocycles. The summed E-state index contributed by atoms with van der Waals surface area (Å²) in [5, 5.41) is 3.39. The van der Waals surface area contributed by atoms with Crippen LogP contribution in [0, 0.1) is 0 Å². The quantitative estimate of drug-likeness (QED) is 0.0381. The number of fused-ring (bicyclic) bond motifs is 1. The number of halogens is 3. The monoisotopic (exact) mass is 756 g/mol. The Morgan fingerprint density at radius 2 is 1.65 bits per heavy atom. The van der Waals surface area contributed by atoms with Crippen LogP contribution >= 0.6 is 39.1 Å². The summed E-state index contributed by atoms with van der Waals surface area (Å²) in [6.07, 6.45) is 0.353. The van der Waals surface area contributed by atoms with Crippen molar-refractivity contribution in [2.45, 2.75) is 30.2 Å². The Labute approximate surface area is 293 Å². The second-order valence-corrected chi connectivity index (χ2v) is 12.3. The molecule has 5 rings (SSSR count). The van der Waals surface area contributed by atoms with Crippen molar-refractivity contribution in [2.24, 2.45) is 0 Å². The van der Waals surface area contributed by atoms with Crippen LogP contribution in [-0.4, -0.2) is 81.1 Å². The van der Waals surface area contributed by atoms with E-state index in [0.717, 1.165) is 20.4 Å². The fraction of sp³-hybridized carbons (Fsp3) is 0.212. The summed E-state index contributed by atoms with van der Waals surface area (Å²) in [4.78, 5) is 85.5. The highest BCUT2D eigenvalue weighted by Gasteiger charge is 2.54. The first-order chi connectivity index (χ1) is 23.1. The van der Waals surface area contributed by atoms with Crippen molar-refractivity contribution < 1.29 is 38.3 Å². The Bertz CT molecular complexity index is 1740. The van der Waals surface area contributed by atoms with Crippen molar-refractivity contribution in [3.8, 4) is 0 Å². The van der Waals surface area contributed by atoms with Gasteiger partial charge in [0.05, 0.1) is 11.1 Å². The minimum atomic E-state index is -1.50. The fourth-order valence-corrected chi connectivity index (χ4v) is 6.15. The second kappa shape index (κ2) is 15.1. The Kier molecular flexibility index (Phi) is 10.9. The molecule has 3 aromatic carbocycles. The van der Waals surface area contributed by atoms with Crippen molar-refractivity contribution in [3.05, 3.63) is 118 Å². The summed E-state index contributed by atoms with van der Waals surface area (Å²) < 4.78 is 5.91. The van der Waals surface area contributed by atoms with Gasteiger partial charge in [0.25, 0.3) is 23.6 Å². The molecule has 1 saturated heterocycles. The number of esters is 1. The summed E-state index contributed by atoms with van der Waals surface area (Å²) in [5.41, 5.74) is 0.193. The molecule has 12 nitrogen and oxygen atoms in total. The predicted molar refractivity (Wildman–Crippen MR) is 176 cm³/mol. The zero-order valence-corrected chi connectivity index (χ0v) is 28.1. The van der Waals surface area contributed by atoms with Gasteiger partial charge < -0.3 is 15.0 Å². The SMILES string of the molecule is C=C(CCl)C(C(=O)OCN1C(=O)c2ccccc2C1=O)N1C(=O)C(NC(=O)C(c2cccc(Br)c2)N(C=O)OCc2ccccc2)C1Cl. The van der Waals surface area contributed by atoms with Crippen LogP contribution in [0.4, 0.5) is 0 Å². The van der Waals surface area contributed by atoms with Crippen LogP contribution in [0.25, 0.3) is 0 Å². The third-order valence-electron chi connectivity index (χ3n) is 7.63. The molecule has 0 bridgehead atoms. The highest BCUT2D eigenvalue weighted by atomic mass is 79.9. The van der Waals surface area contributed by atoms with Crippen molar-refractivity contribution in [2.75, 3.05) is 12.6 Å². The van der Waals surface area contributed by atoms with Crippen LogP contribution < -0.4 is 5.32 Å². The highest BCUT2D eigenvalue weighted by Crippen LogP contribution is 2.32. The zero-order valence-electron chi connectivity index (χ0n) is 25.0. The van der Waals surface area contributed by atoms with Crippen LogP contribution in [0.3, 0.4) is 0 Å². The van der Waals surface area contributed by atoms with Gasteiger partial charge in [0.1, 0.15) is 18.1 Å². The number of ether oxygens (including phenoxy) is 1. The lowest BCUT2D eigenvalue weighted by molar-refractivity contribution is -0.197. The first-order valence-electron chi connectivity index (χ1n) is 14.4. The molecule has 15 heteroatoms. The molecule has 4 atom stereocenters. The second-order valence-electron chi connectivity index (χ2n) is 10.7. The van der Waals surface area contributed by atoms with E-state index in [4.69, 9.17) is 32.8 Å². The number of hydrogen-bond acceptors (Lipinski definition) is 8. The number of hydrogen-bond donors (Lipinski definition) is 1. The van der Waals surface area contributed by atoms with Gasteiger partial charge in [-0.1, -0.05) is 88.7 Å². The number of carbonyl (C=O) groups is 6. The molecule has 2 aliphatic heterocycles. The third kappa shape index (κ3) is 6.99. The predicted octanol–water partition coefficient (Wildman–Crippen LogP) is 3.93. The lowest BCUT2D eigenvalue weighted by Gasteiger charge is -2.47. The number of amides is 5. The number of benzene rings is 3. The number of β-lactam (4-membered cyclic amide) rings is 1. The van der Waals surface area contributed by atoms with E-state index in [0.29, 0.717) is 16.4 Å². The number of imide groups is 1. The molecule has 48 heavy (non-hydrogen) atoms. The van der Waals surface area contributed by atoms with Gasteiger partial charge in [0.2, 0.25) is 6.41 Å². The summed E-state index contributed by atoms with van der Waals surface area (Å²) in [5.74, 6) is -4.17. The molecule has 3 aromatic rings. The fourth-order valence-electron chi connectivity index (χ4n) is 5.20. The van der Waals surface area contributed by atoms with Gasteiger partial charge in [0.15, 0.2) is 18.8 Å². The van der Waals surface area contributed by atoms with E-state index in [1.165, 1.54) is 12.1 Å². The lowest BCUT2D eigenvalue weighted by Crippen LogP contribution is -2.73. The van der Waals surface area contributed by atoms with Crippen LogP contribution in [-0.2, 0) is 35.4 Å². The lowest BCUT2D eigenvalue weighted by atomic mass is 9.98. The minimum absolute atomic E-state index is 0.0311. The average molecular weight is 758 g/mol. The Hall–Kier alpha value is -4.56. The molecule has 1 fully saturated rings. The molecular formula is C33H27BrCl2N4O8. The van der Waals surface area contributed by atoms with Crippen LogP contribution in [0.1, 0.15) is 37.9 Å². The van der Waals surface area contributed by atoms with Gasteiger partial charge in [-0.2, -0.15) is 0 Å². The molecule has 1 N–H and O–H groups in total. The van der Waals surface area contributed by atoms with Gasteiger partial charge in [-0.25, -0.2) is 14.8 Å². The number of nitrogens with zero attached hydrogens (tertiary/aromatic N) is 3. The molecule has 0 spiro atoms. The number of carbonyl (C=O) groups excluding carboxylic acids is 6. The molecule has 0 saturated carbocycles. The average Bonchev–Trinajstić information content (AvgIpc) is 3.34.